The lowest BCUT2D eigenvalue weighted by Gasteiger charge is -2.11. The molecule has 0 unspecified atom stereocenters. The Kier molecular flexibility index (Phi) is 4.11. The molecule has 4 rings (SSSR count). The first-order chi connectivity index (χ1) is 12.7. The highest BCUT2D eigenvalue weighted by Gasteiger charge is 2.47. The minimum Gasteiger partial charge on any atom is -0.278 e. The number of rotatable bonds is 5. The van der Waals surface area contributed by atoms with E-state index in [1.165, 1.54) is 16.7 Å². The summed E-state index contributed by atoms with van der Waals surface area (Å²) in [7, 11) is -4.05. The van der Waals surface area contributed by atoms with Crippen molar-refractivity contribution in [3.63, 3.8) is 0 Å². The van der Waals surface area contributed by atoms with Crippen molar-refractivity contribution in [1.29, 1.82) is 5.26 Å². The van der Waals surface area contributed by atoms with E-state index in [1.807, 2.05) is 6.07 Å². The lowest BCUT2D eigenvalue weighted by Crippen LogP contribution is -2.35. The fourth-order valence-corrected chi connectivity index (χ4v) is 4.71. The van der Waals surface area contributed by atoms with Gasteiger partial charge in [-0.05, 0) is 18.9 Å². The summed E-state index contributed by atoms with van der Waals surface area (Å²) >= 11 is 6.72. The highest BCUT2D eigenvalue weighted by Crippen LogP contribution is 2.36. The summed E-state index contributed by atoms with van der Waals surface area (Å²) in [6, 6.07) is 3.11. The quantitative estimate of drug-likeness (QED) is 0.655. The number of hydrogen-bond donors (Lipinski definition) is 1. The zero-order valence-electron chi connectivity index (χ0n) is 13.1. The van der Waals surface area contributed by atoms with E-state index >= 15 is 0 Å². The smallest absolute Gasteiger partial charge is 0.278 e. The Hall–Kier alpha value is -2.27. The Bertz CT molecular complexity index is 1200. The molecule has 3 aromatic heterocycles. The monoisotopic (exact) mass is 431 g/mol. The van der Waals surface area contributed by atoms with Crippen molar-refractivity contribution in [2.45, 2.75) is 29.7 Å². The van der Waals surface area contributed by atoms with Crippen molar-refractivity contribution in [3.8, 4) is 16.9 Å². The molecule has 9 nitrogen and oxygen atoms in total. The van der Waals surface area contributed by atoms with Gasteiger partial charge in [-0.25, -0.2) is 17.2 Å². The number of nitrogens with one attached hydrogen (secondary N) is 1. The van der Waals surface area contributed by atoms with E-state index in [2.05, 4.69) is 25.1 Å². The Morgan fingerprint density at radius 2 is 2.07 bits per heavy atom. The maximum absolute atomic E-state index is 12.7. The molecular formula is C13H8ClF2N7O2S2. The second kappa shape index (κ2) is 6.13. The zero-order chi connectivity index (χ0) is 19.4. The summed E-state index contributed by atoms with van der Waals surface area (Å²) in [6.45, 7) is 0. The molecule has 1 saturated carbocycles. The van der Waals surface area contributed by atoms with Gasteiger partial charge in [0.25, 0.3) is 6.43 Å². The Morgan fingerprint density at radius 3 is 2.67 bits per heavy atom. The van der Waals surface area contributed by atoms with Crippen LogP contribution in [0.3, 0.4) is 0 Å². The van der Waals surface area contributed by atoms with Crippen LogP contribution in [-0.2, 0) is 10.0 Å². The van der Waals surface area contributed by atoms with Gasteiger partial charge in [-0.15, -0.1) is 20.4 Å². The Morgan fingerprint density at radius 1 is 1.33 bits per heavy atom. The normalized spacial score (nSPS) is 16.0. The molecule has 14 heteroatoms. The van der Waals surface area contributed by atoms with Crippen LogP contribution in [0.2, 0.25) is 5.02 Å². The van der Waals surface area contributed by atoms with Crippen LogP contribution in [0.1, 0.15) is 24.3 Å². The molecule has 1 N–H and O–H groups in total. The van der Waals surface area contributed by atoms with E-state index in [1.54, 1.807) is 0 Å². The van der Waals surface area contributed by atoms with E-state index in [9.17, 15) is 17.2 Å². The van der Waals surface area contributed by atoms with Gasteiger partial charge in [-0.2, -0.15) is 9.98 Å². The molecule has 1 aliphatic rings. The van der Waals surface area contributed by atoms with E-state index in [0.29, 0.717) is 24.2 Å². The molecule has 0 saturated heterocycles. The molecule has 1 fully saturated rings. The summed E-state index contributed by atoms with van der Waals surface area (Å²) < 4.78 is 54.3. The maximum atomic E-state index is 12.7. The van der Waals surface area contributed by atoms with Gasteiger partial charge in [0, 0.05) is 6.20 Å². The number of pyridine rings is 1. The topological polar surface area (TPSA) is 126 Å². The fourth-order valence-electron chi connectivity index (χ4n) is 2.31. The average molecular weight is 432 g/mol. The standard InChI is InChI=1S/C13H8ClF2N7O2S2/c14-7-3-6(27(24,25)22-13(5-17)1-2-13)4-23-9(7)18-19-10(23)12-21-20-11(26-12)8(15)16/h3-4,8,22H,1-2H2. The van der Waals surface area contributed by atoms with Crippen molar-refractivity contribution in [2.24, 2.45) is 0 Å². The summed E-state index contributed by atoms with van der Waals surface area (Å²) in [4.78, 5) is -0.221. The highest BCUT2D eigenvalue weighted by molar-refractivity contribution is 7.89. The molecule has 0 radical (unpaired) electrons. The van der Waals surface area contributed by atoms with Gasteiger partial charge in [0.15, 0.2) is 21.5 Å². The molecule has 0 spiro atoms. The Balaban J connectivity index is 1.81. The van der Waals surface area contributed by atoms with Gasteiger partial charge in [0.05, 0.1) is 11.1 Å². The molecular weight excluding hydrogens is 424 g/mol. The van der Waals surface area contributed by atoms with Crippen LogP contribution >= 0.6 is 22.9 Å². The number of nitriles is 1. The SMILES string of the molecule is N#CC1(NS(=O)(=O)c2cc(Cl)c3nnc(-c4nnc(C(F)F)s4)n3c2)CC1. The number of hydrogen-bond acceptors (Lipinski definition) is 8. The number of alkyl halides is 2. The van der Waals surface area contributed by atoms with Crippen molar-refractivity contribution >= 4 is 38.6 Å². The van der Waals surface area contributed by atoms with E-state index in [4.69, 9.17) is 16.9 Å². The van der Waals surface area contributed by atoms with Gasteiger partial charge in [-0.3, -0.25) is 4.40 Å². The van der Waals surface area contributed by atoms with Gasteiger partial charge >= 0.3 is 0 Å². The molecule has 0 aliphatic heterocycles. The maximum Gasteiger partial charge on any atom is 0.291 e. The molecule has 27 heavy (non-hydrogen) atoms. The third-order valence-electron chi connectivity index (χ3n) is 3.86. The van der Waals surface area contributed by atoms with E-state index in [0.717, 1.165) is 0 Å². The largest absolute Gasteiger partial charge is 0.291 e. The first-order valence-corrected chi connectivity index (χ1v) is 10.0. The highest BCUT2D eigenvalue weighted by atomic mass is 35.5. The minimum atomic E-state index is -4.05. The number of nitrogens with zero attached hydrogens (tertiary/aromatic N) is 6. The molecule has 3 heterocycles. The van der Waals surface area contributed by atoms with Crippen LogP contribution in [-0.4, -0.2) is 38.8 Å². The van der Waals surface area contributed by atoms with Crippen LogP contribution in [0.25, 0.3) is 16.5 Å². The molecule has 0 atom stereocenters. The fraction of sp³-hybridized carbons (Fsp3) is 0.308. The third kappa shape index (κ3) is 3.14. The van der Waals surface area contributed by atoms with Gasteiger partial charge in [-0.1, -0.05) is 22.9 Å². The Labute approximate surface area is 159 Å². The van der Waals surface area contributed by atoms with Gasteiger partial charge in [0.2, 0.25) is 10.0 Å². The van der Waals surface area contributed by atoms with E-state index < -0.39 is 27.0 Å². The first-order valence-electron chi connectivity index (χ1n) is 7.36. The number of aromatic nitrogens is 5. The van der Waals surface area contributed by atoms with Crippen molar-refractivity contribution < 1.29 is 17.2 Å². The molecule has 0 bridgehead atoms. The second-order valence-electron chi connectivity index (χ2n) is 5.79. The third-order valence-corrected chi connectivity index (χ3v) is 6.57. The van der Waals surface area contributed by atoms with Gasteiger partial charge < -0.3 is 0 Å². The van der Waals surface area contributed by atoms with Crippen LogP contribution in [0.4, 0.5) is 8.78 Å². The molecule has 140 valence electrons. The lowest BCUT2D eigenvalue weighted by molar-refractivity contribution is 0.150. The van der Waals surface area contributed by atoms with Crippen molar-refractivity contribution in [3.05, 3.63) is 22.3 Å². The molecule has 0 amide bonds. The summed E-state index contributed by atoms with van der Waals surface area (Å²) in [5, 5.41) is 23.3. The van der Waals surface area contributed by atoms with Crippen LogP contribution in [0.15, 0.2) is 17.2 Å². The predicted molar refractivity (Wildman–Crippen MR) is 89.8 cm³/mol. The van der Waals surface area contributed by atoms with Crippen molar-refractivity contribution in [2.75, 3.05) is 0 Å². The predicted octanol–water partition coefficient (Wildman–Crippen LogP) is 2.17. The molecule has 3 aromatic rings. The van der Waals surface area contributed by atoms with Crippen molar-refractivity contribution in [1.82, 2.24) is 29.5 Å². The van der Waals surface area contributed by atoms with Crippen LogP contribution < -0.4 is 4.72 Å². The first kappa shape index (κ1) is 18.1. The van der Waals surface area contributed by atoms with Gasteiger partial charge in [0.1, 0.15) is 10.4 Å². The minimum absolute atomic E-state index is 0.0166. The molecule has 1 aliphatic carbocycles. The summed E-state index contributed by atoms with van der Waals surface area (Å²) in [5.74, 6) is 0.0229. The second-order valence-corrected chi connectivity index (χ2v) is 8.89. The summed E-state index contributed by atoms with van der Waals surface area (Å²) in [6.07, 6.45) is -0.773. The lowest BCUT2D eigenvalue weighted by atomic mass is 10.3. The number of halogens is 3. The van der Waals surface area contributed by atoms with E-state index in [-0.39, 0.29) is 26.4 Å². The zero-order valence-corrected chi connectivity index (χ0v) is 15.5. The van der Waals surface area contributed by atoms with Crippen LogP contribution in [0.5, 0.6) is 0 Å². The number of sulfonamides is 1. The molecule has 0 aromatic carbocycles. The summed E-state index contributed by atoms with van der Waals surface area (Å²) in [5.41, 5.74) is -0.984. The van der Waals surface area contributed by atoms with Crippen LogP contribution in [0, 0.1) is 11.3 Å². The number of fused-ring (bicyclic) bond motifs is 1. The average Bonchev–Trinajstić information content (AvgIpc) is 3.03.